The van der Waals surface area contributed by atoms with E-state index in [1.165, 1.54) is 25.7 Å². The van der Waals surface area contributed by atoms with Gasteiger partial charge in [0.05, 0.1) is 6.04 Å². The molecule has 0 bridgehead atoms. The average Bonchev–Trinajstić information content (AvgIpc) is 3.21. The number of para-hydroxylation sites is 1. The molecule has 2 N–H and O–H groups in total. The molecule has 0 aliphatic heterocycles. The number of benzene rings is 1. The summed E-state index contributed by atoms with van der Waals surface area (Å²) in [6.07, 6.45) is 5.15. The summed E-state index contributed by atoms with van der Waals surface area (Å²) in [5.41, 5.74) is 7.30. The third-order valence-electron chi connectivity index (χ3n) is 4.10. The number of hydrogen-bond acceptors (Lipinski definition) is 3. The molecular formula is C17H24N2O. The highest BCUT2D eigenvalue weighted by Crippen LogP contribution is 2.30. The van der Waals surface area contributed by atoms with Crippen LogP contribution >= 0.6 is 0 Å². The lowest BCUT2D eigenvalue weighted by atomic mass is 10.2. The highest BCUT2D eigenvalue weighted by Gasteiger charge is 2.30. The molecule has 20 heavy (non-hydrogen) atoms. The van der Waals surface area contributed by atoms with Crippen LogP contribution in [-0.2, 0) is 0 Å². The first kappa shape index (κ1) is 13.7. The number of nitrogens with zero attached hydrogens (tertiary/aromatic N) is 1. The topological polar surface area (TPSA) is 42.4 Å². The predicted octanol–water partition coefficient (Wildman–Crippen LogP) is 3.70. The summed E-state index contributed by atoms with van der Waals surface area (Å²) < 4.78 is 5.88. The maximum atomic E-state index is 6.36. The molecule has 1 aliphatic carbocycles. The summed E-state index contributed by atoms with van der Waals surface area (Å²) in [7, 11) is 0. The summed E-state index contributed by atoms with van der Waals surface area (Å²) in [6.45, 7) is 4.31. The fraction of sp³-hybridized carbons (Fsp3) is 0.529. The van der Waals surface area contributed by atoms with Gasteiger partial charge in [0.25, 0.3) is 0 Å². The Morgan fingerprint density at radius 2 is 2.15 bits per heavy atom. The minimum Gasteiger partial charge on any atom is -0.459 e. The number of hydrogen-bond donors (Lipinski definition) is 1. The molecule has 1 unspecified atom stereocenters. The molecule has 0 saturated heterocycles. The fourth-order valence-corrected chi connectivity index (χ4v) is 2.75. The lowest BCUT2D eigenvalue weighted by Gasteiger charge is -2.24. The molecule has 1 heterocycles. The number of nitrogens with two attached hydrogens (primary N) is 1. The lowest BCUT2D eigenvalue weighted by Crippen LogP contribution is -2.34. The van der Waals surface area contributed by atoms with Crippen LogP contribution < -0.4 is 5.73 Å². The van der Waals surface area contributed by atoms with Gasteiger partial charge in [-0.25, -0.2) is 0 Å². The van der Waals surface area contributed by atoms with Gasteiger partial charge in [-0.15, -0.1) is 0 Å². The molecule has 0 spiro atoms. The van der Waals surface area contributed by atoms with Gasteiger partial charge in [0, 0.05) is 18.0 Å². The summed E-state index contributed by atoms with van der Waals surface area (Å²) in [4.78, 5) is 2.54. The zero-order valence-corrected chi connectivity index (χ0v) is 12.2. The van der Waals surface area contributed by atoms with Crippen LogP contribution in [0, 0.1) is 0 Å². The van der Waals surface area contributed by atoms with Crippen molar-refractivity contribution < 1.29 is 4.42 Å². The van der Waals surface area contributed by atoms with Gasteiger partial charge >= 0.3 is 0 Å². The van der Waals surface area contributed by atoms with Crippen molar-refractivity contribution in [2.75, 3.05) is 13.1 Å². The van der Waals surface area contributed by atoms with Crippen LogP contribution in [0.25, 0.3) is 11.0 Å². The molecule has 1 fully saturated rings. The zero-order chi connectivity index (χ0) is 13.9. The minimum atomic E-state index is -0.0279. The molecule has 0 amide bonds. The molecule has 1 aromatic heterocycles. The zero-order valence-electron chi connectivity index (χ0n) is 12.2. The van der Waals surface area contributed by atoms with Crippen molar-refractivity contribution in [1.82, 2.24) is 4.90 Å². The van der Waals surface area contributed by atoms with Crippen molar-refractivity contribution in [2.45, 2.75) is 44.7 Å². The van der Waals surface area contributed by atoms with Crippen molar-refractivity contribution in [3.8, 4) is 0 Å². The van der Waals surface area contributed by atoms with Crippen molar-refractivity contribution in [3.63, 3.8) is 0 Å². The summed E-state index contributed by atoms with van der Waals surface area (Å²) >= 11 is 0. The molecule has 1 aromatic carbocycles. The van der Waals surface area contributed by atoms with E-state index in [4.69, 9.17) is 10.2 Å². The van der Waals surface area contributed by atoms with E-state index >= 15 is 0 Å². The monoisotopic (exact) mass is 272 g/mol. The first-order chi connectivity index (χ1) is 9.78. The van der Waals surface area contributed by atoms with Crippen molar-refractivity contribution in [1.29, 1.82) is 0 Å². The molecule has 2 aromatic rings. The molecule has 1 atom stereocenters. The van der Waals surface area contributed by atoms with E-state index in [0.29, 0.717) is 0 Å². The maximum Gasteiger partial charge on any atom is 0.134 e. The Labute approximate surface area is 120 Å². The largest absolute Gasteiger partial charge is 0.459 e. The van der Waals surface area contributed by atoms with E-state index in [-0.39, 0.29) is 6.04 Å². The van der Waals surface area contributed by atoms with E-state index in [1.54, 1.807) is 0 Å². The first-order valence-electron chi connectivity index (χ1n) is 7.76. The van der Waals surface area contributed by atoms with E-state index < -0.39 is 0 Å². The van der Waals surface area contributed by atoms with Crippen LogP contribution in [0.1, 0.15) is 44.4 Å². The summed E-state index contributed by atoms with van der Waals surface area (Å²) in [5.74, 6) is 0.911. The van der Waals surface area contributed by atoms with E-state index in [2.05, 4.69) is 24.0 Å². The molecule has 108 valence electrons. The van der Waals surface area contributed by atoms with Crippen molar-refractivity contribution in [2.24, 2.45) is 5.73 Å². The Balaban J connectivity index is 1.69. The average molecular weight is 272 g/mol. The van der Waals surface area contributed by atoms with E-state index in [9.17, 15) is 0 Å². The maximum absolute atomic E-state index is 6.36. The van der Waals surface area contributed by atoms with Crippen molar-refractivity contribution >= 4 is 11.0 Å². The van der Waals surface area contributed by atoms with Crippen LogP contribution in [0.15, 0.2) is 34.7 Å². The van der Waals surface area contributed by atoms with Gasteiger partial charge in [0.1, 0.15) is 11.3 Å². The molecule has 3 heteroatoms. The van der Waals surface area contributed by atoms with Gasteiger partial charge in [-0.2, -0.15) is 0 Å². The molecular weight excluding hydrogens is 248 g/mol. The lowest BCUT2D eigenvalue weighted by molar-refractivity contribution is 0.235. The van der Waals surface area contributed by atoms with Gasteiger partial charge in [-0.3, -0.25) is 4.90 Å². The second-order valence-corrected chi connectivity index (χ2v) is 5.87. The molecule has 1 saturated carbocycles. The molecule has 1 aliphatic rings. The third kappa shape index (κ3) is 3.05. The van der Waals surface area contributed by atoms with E-state index in [1.807, 2.05) is 18.2 Å². The Bertz CT molecular complexity index is 526. The highest BCUT2D eigenvalue weighted by molar-refractivity contribution is 5.77. The number of fused-ring (bicyclic) bond motifs is 1. The SMILES string of the molecule is CCCCN(CC(N)c1cc2ccccc2o1)C1CC1. The Morgan fingerprint density at radius 3 is 2.85 bits per heavy atom. The number of furan rings is 1. The number of rotatable bonds is 7. The molecule has 3 nitrogen and oxygen atoms in total. The molecule has 3 rings (SSSR count). The van der Waals surface area contributed by atoms with Gasteiger partial charge in [0.15, 0.2) is 0 Å². The quantitative estimate of drug-likeness (QED) is 0.835. The molecule has 0 radical (unpaired) electrons. The predicted molar refractivity (Wildman–Crippen MR) is 82.6 cm³/mol. The fourth-order valence-electron chi connectivity index (χ4n) is 2.75. The minimum absolute atomic E-state index is 0.0279. The van der Waals surface area contributed by atoms with Crippen LogP contribution in [0.4, 0.5) is 0 Å². The summed E-state index contributed by atoms with van der Waals surface area (Å²) in [6, 6.07) is 10.9. The Morgan fingerprint density at radius 1 is 1.35 bits per heavy atom. The second kappa shape index (κ2) is 5.98. The van der Waals surface area contributed by atoms with Gasteiger partial charge in [0.2, 0.25) is 0 Å². The standard InChI is InChI=1S/C17H24N2O/c1-2-3-10-19(14-8-9-14)12-15(18)17-11-13-6-4-5-7-16(13)20-17/h4-7,11,14-15H,2-3,8-10,12,18H2,1H3. The van der Waals surface area contributed by atoms with Crippen LogP contribution in [0.2, 0.25) is 0 Å². The van der Waals surface area contributed by atoms with E-state index in [0.717, 1.165) is 35.9 Å². The Kier molecular flexibility index (Phi) is 4.08. The van der Waals surface area contributed by atoms with Crippen LogP contribution in [0.5, 0.6) is 0 Å². The van der Waals surface area contributed by atoms with Gasteiger partial charge < -0.3 is 10.2 Å². The van der Waals surface area contributed by atoms with Gasteiger partial charge in [-0.05, 0) is 37.9 Å². The normalized spacial score (nSPS) is 16.9. The summed E-state index contributed by atoms with van der Waals surface area (Å²) in [5, 5.41) is 1.14. The van der Waals surface area contributed by atoms with Crippen LogP contribution in [-0.4, -0.2) is 24.0 Å². The number of unbranched alkanes of at least 4 members (excludes halogenated alkanes) is 1. The third-order valence-corrected chi connectivity index (χ3v) is 4.10. The Hall–Kier alpha value is -1.32. The van der Waals surface area contributed by atoms with Crippen LogP contribution in [0.3, 0.4) is 0 Å². The van der Waals surface area contributed by atoms with Gasteiger partial charge in [-0.1, -0.05) is 31.5 Å². The first-order valence-corrected chi connectivity index (χ1v) is 7.76. The highest BCUT2D eigenvalue weighted by atomic mass is 16.3. The second-order valence-electron chi connectivity index (χ2n) is 5.87. The van der Waals surface area contributed by atoms with Crippen molar-refractivity contribution in [3.05, 3.63) is 36.1 Å². The smallest absolute Gasteiger partial charge is 0.134 e.